The minimum Gasteiger partial charge on any atom is -0.358 e. The molecule has 1 aliphatic rings. The highest BCUT2D eigenvalue weighted by Crippen LogP contribution is 2.21. The van der Waals surface area contributed by atoms with Crippen molar-refractivity contribution >= 4 is 5.91 Å². The molecule has 2 rings (SSSR count). The first kappa shape index (κ1) is 14.5. The molecule has 1 amide bonds. The number of piperidine rings is 1. The minimum absolute atomic E-state index is 0.0243. The van der Waals surface area contributed by atoms with Crippen LogP contribution in [-0.2, 0) is 11.3 Å². The van der Waals surface area contributed by atoms with Gasteiger partial charge in [0.05, 0.1) is 17.7 Å². The number of amides is 1. The van der Waals surface area contributed by atoms with Crippen LogP contribution < -0.4 is 5.32 Å². The molecule has 1 aliphatic heterocycles. The van der Waals surface area contributed by atoms with Crippen molar-refractivity contribution in [3.63, 3.8) is 0 Å². The summed E-state index contributed by atoms with van der Waals surface area (Å²) >= 11 is 0. The first-order chi connectivity index (χ1) is 9.65. The van der Waals surface area contributed by atoms with E-state index in [9.17, 15) is 4.79 Å². The van der Waals surface area contributed by atoms with Gasteiger partial charge < -0.3 is 5.32 Å². The number of nitrogens with one attached hydrogen (secondary N) is 1. The number of nitriles is 1. The molecule has 0 bridgehead atoms. The van der Waals surface area contributed by atoms with Gasteiger partial charge in [-0.15, -0.1) is 0 Å². The normalized spacial score (nSPS) is 19.4. The molecule has 1 aromatic carbocycles. The summed E-state index contributed by atoms with van der Waals surface area (Å²) in [6.45, 7) is 3.75. The standard InChI is InChI=1S/C16H21N3O/c1-12-9-13(10-17)6-7-14(12)11-19-8-4-3-5-15(19)16(20)18-2/h6-7,9,15H,3-5,8,11H2,1-2H3,(H,18,20). The van der Waals surface area contributed by atoms with Crippen molar-refractivity contribution in [3.8, 4) is 6.07 Å². The van der Waals surface area contributed by atoms with E-state index in [1.807, 2.05) is 25.1 Å². The number of carbonyl (C=O) groups excluding carboxylic acids is 1. The average molecular weight is 271 g/mol. The van der Waals surface area contributed by atoms with E-state index in [1.165, 1.54) is 5.56 Å². The maximum absolute atomic E-state index is 12.0. The predicted octanol–water partition coefficient (Wildman–Crippen LogP) is 1.97. The number of carbonyl (C=O) groups is 1. The summed E-state index contributed by atoms with van der Waals surface area (Å²) in [5, 5.41) is 11.7. The lowest BCUT2D eigenvalue weighted by atomic mass is 9.99. The molecule has 1 saturated heterocycles. The molecule has 0 aliphatic carbocycles. The van der Waals surface area contributed by atoms with Gasteiger partial charge in [0, 0.05) is 13.6 Å². The van der Waals surface area contributed by atoms with E-state index >= 15 is 0 Å². The number of nitrogens with zero attached hydrogens (tertiary/aromatic N) is 2. The van der Waals surface area contributed by atoms with Crippen LogP contribution in [0.4, 0.5) is 0 Å². The van der Waals surface area contributed by atoms with Crippen molar-refractivity contribution in [2.24, 2.45) is 0 Å². The number of hydrogen-bond donors (Lipinski definition) is 1. The summed E-state index contributed by atoms with van der Waals surface area (Å²) in [6, 6.07) is 7.90. The molecule has 4 heteroatoms. The van der Waals surface area contributed by atoms with Crippen LogP contribution >= 0.6 is 0 Å². The molecule has 0 aromatic heterocycles. The van der Waals surface area contributed by atoms with E-state index in [-0.39, 0.29) is 11.9 Å². The third-order valence-electron chi connectivity index (χ3n) is 4.01. The topological polar surface area (TPSA) is 56.1 Å². The van der Waals surface area contributed by atoms with Crippen LogP contribution in [0.2, 0.25) is 0 Å². The number of benzene rings is 1. The molecule has 4 nitrogen and oxygen atoms in total. The molecular formula is C16H21N3O. The van der Waals surface area contributed by atoms with E-state index in [0.29, 0.717) is 5.56 Å². The van der Waals surface area contributed by atoms with Crippen molar-refractivity contribution in [2.45, 2.75) is 38.8 Å². The summed E-state index contributed by atoms with van der Waals surface area (Å²) in [5.74, 6) is 0.107. The third kappa shape index (κ3) is 3.17. The Kier molecular flexibility index (Phi) is 4.75. The maximum atomic E-state index is 12.0. The first-order valence-electron chi connectivity index (χ1n) is 7.11. The molecule has 1 atom stereocenters. The lowest BCUT2D eigenvalue weighted by Gasteiger charge is -2.34. The predicted molar refractivity (Wildman–Crippen MR) is 78.0 cm³/mol. The SMILES string of the molecule is CNC(=O)C1CCCCN1Cc1ccc(C#N)cc1C. The van der Waals surface area contributed by atoms with Crippen LogP contribution in [0, 0.1) is 18.3 Å². The van der Waals surface area contributed by atoms with Crippen molar-refractivity contribution in [3.05, 3.63) is 34.9 Å². The number of hydrogen-bond acceptors (Lipinski definition) is 3. The van der Waals surface area contributed by atoms with Gasteiger partial charge in [-0.3, -0.25) is 9.69 Å². The third-order valence-corrected chi connectivity index (χ3v) is 4.01. The van der Waals surface area contributed by atoms with Crippen LogP contribution in [0.5, 0.6) is 0 Å². The lowest BCUT2D eigenvalue weighted by molar-refractivity contribution is -0.127. The van der Waals surface area contributed by atoms with Crippen LogP contribution in [0.25, 0.3) is 0 Å². The summed E-state index contributed by atoms with van der Waals surface area (Å²) in [4.78, 5) is 14.2. The average Bonchev–Trinajstić information content (AvgIpc) is 2.49. The number of aryl methyl sites for hydroxylation is 1. The zero-order chi connectivity index (χ0) is 14.5. The fraction of sp³-hybridized carbons (Fsp3) is 0.500. The Morgan fingerprint density at radius 1 is 1.50 bits per heavy atom. The van der Waals surface area contributed by atoms with Crippen molar-refractivity contribution in [2.75, 3.05) is 13.6 Å². The molecule has 1 fully saturated rings. The van der Waals surface area contributed by atoms with Crippen molar-refractivity contribution in [1.82, 2.24) is 10.2 Å². The molecule has 1 unspecified atom stereocenters. The fourth-order valence-corrected chi connectivity index (χ4v) is 2.81. The van der Waals surface area contributed by atoms with E-state index < -0.39 is 0 Å². The quantitative estimate of drug-likeness (QED) is 0.914. The highest BCUT2D eigenvalue weighted by Gasteiger charge is 2.28. The fourth-order valence-electron chi connectivity index (χ4n) is 2.81. The second kappa shape index (κ2) is 6.53. The summed E-state index contributed by atoms with van der Waals surface area (Å²) in [7, 11) is 1.70. The highest BCUT2D eigenvalue weighted by atomic mass is 16.2. The maximum Gasteiger partial charge on any atom is 0.237 e. The van der Waals surface area contributed by atoms with Gasteiger partial charge in [0.2, 0.25) is 5.91 Å². The highest BCUT2D eigenvalue weighted by molar-refractivity contribution is 5.81. The van der Waals surface area contributed by atoms with E-state index in [0.717, 1.165) is 37.9 Å². The lowest BCUT2D eigenvalue weighted by Crippen LogP contribution is -2.48. The Balaban J connectivity index is 2.15. The van der Waals surface area contributed by atoms with Gasteiger partial charge in [0.1, 0.15) is 0 Å². The van der Waals surface area contributed by atoms with E-state index in [2.05, 4.69) is 16.3 Å². The molecule has 1 aromatic rings. The Labute approximate surface area is 120 Å². The van der Waals surface area contributed by atoms with Gasteiger partial charge in [0.25, 0.3) is 0 Å². The zero-order valence-corrected chi connectivity index (χ0v) is 12.1. The summed E-state index contributed by atoms with van der Waals surface area (Å²) < 4.78 is 0. The largest absolute Gasteiger partial charge is 0.358 e. The molecule has 0 radical (unpaired) electrons. The second-order valence-corrected chi connectivity index (χ2v) is 5.35. The van der Waals surface area contributed by atoms with Crippen LogP contribution in [-0.4, -0.2) is 30.4 Å². The van der Waals surface area contributed by atoms with Crippen LogP contribution in [0.1, 0.15) is 36.0 Å². The second-order valence-electron chi connectivity index (χ2n) is 5.35. The molecule has 0 spiro atoms. The molecule has 106 valence electrons. The molecule has 1 heterocycles. The Bertz CT molecular complexity index is 533. The summed E-state index contributed by atoms with van der Waals surface area (Å²) in [6.07, 6.45) is 3.18. The smallest absolute Gasteiger partial charge is 0.237 e. The Morgan fingerprint density at radius 3 is 2.95 bits per heavy atom. The Hall–Kier alpha value is -1.86. The first-order valence-corrected chi connectivity index (χ1v) is 7.11. The molecular weight excluding hydrogens is 250 g/mol. The zero-order valence-electron chi connectivity index (χ0n) is 12.1. The Morgan fingerprint density at radius 2 is 2.30 bits per heavy atom. The van der Waals surface area contributed by atoms with E-state index in [1.54, 1.807) is 7.05 Å². The summed E-state index contributed by atoms with van der Waals surface area (Å²) in [5.41, 5.74) is 3.00. The van der Waals surface area contributed by atoms with Gasteiger partial charge in [0.15, 0.2) is 0 Å². The molecule has 0 saturated carbocycles. The van der Waals surface area contributed by atoms with Gasteiger partial charge in [-0.1, -0.05) is 12.5 Å². The van der Waals surface area contributed by atoms with Gasteiger partial charge in [-0.05, 0) is 49.6 Å². The monoisotopic (exact) mass is 271 g/mol. The molecule has 1 N–H and O–H groups in total. The number of likely N-dealkylation sites (tertiary alicyclic amines) is 1. The van der Waals surface area contributed by atoms with E-state index in [4.69, 9.17) is 5.26 Å². The number of likely N-dealkylation sites (N-methyl/N-ethyl adjacent to an activating group) is 1. The van der Waals surface area contributed by atoms with Gasteiger partial charge in [-0.25, -0.2) is 0 Å². The van der Waals surface area contributed by atoms with Gasteiger partial charge >= 0.3 is 0 Å². The van der Waals surface area contributed by atoms with Crippen molar-refractivity contribution in [1.29, 1.82) is 5.26 Å². The van der Waals surface area contributed by atoms with Gasteiger partial charge in [-0.2, -0.15) is 5.26 Å². The minimum atomic E-state index is -0.0243. The molecule has 20 heavy (non-hydrogen) atoms. The van der Waals surface area contributed by atoms with Crippen LogP contribution in [0.3, 0.4) is 0 Å². The number of rotatable bonds is 3. The van der Waals surface area contributed by atoms with Crippen LogP contribution in [0.15, 0.2) is 18.2 Å². The van der Waals surface area contributed by atoms with Crippen molar-refractivity contribution < 1.29 is 4.79 Å².